The Kier molecular flexibility index (Phi) is 2.43. The summed E-state index contributed by atoms with van der Waals surface area (Å²) in [5.41, 5.74) is 1.28. The SMILES string of the molecule is Cc1nn(Cc2ncon2)c(C)c1C(=O)O. The second-order valence-corrected chi connectivity index (χ2v) is 3.36. The maximum atomic E-state index is 11.0. The Morgan fingerprint density at radius 2 is 2.31 bits per heavy atom. The number of carboxylic acids is 1. The van der Waals surface area contributed by atoms with E-state index in [-0.39, 0.29) is 5.56 Å². The Morgan fingerprint density at radius 1 is 1.56 bits per heavy atom. The van der Waals surface area contributed by atoms with Gasteiger partial charge in [0.05, 0.1) is 11.4 Å². The van der Waals surface area contributed by atoms with Crippen molar-refractivity contribution in [2.24, 2.45) is 0 Å². The van der Waals surface area contributed by atoms with E-state index in [0.29, 0.717) is 23.8 Å². The molecular weight excluding hydrogens is 212 g/mol. The van der Waals surface area contributed by atoms with Gasteiger partial charge in [-0.1, -0.05) is 5.16 Å². The van der Waals surface area contributed by atoms with Crippen LogP contribution in [0.3, 0.4) is 0 Å². The van der Waals surface area contributed by atoms with Crippen LogP contribution in [0.5, 0.6) is 0 Å². The summed E-state index contributed by atoms with van der Waals surface area (Å²) in [6.45, 7) is 3.66. The molecule has 7 heteroatoms. The van der Waals surface area contributed by atoms with Gasteiger partial charge >= 0.3 is 5.97 Å². The standard InChI is InChI=1S/C9H10N4O3/c1-5-8(9(14)15)6(2)13(11-5)3-7-10-4-16-12-7/h4H,3H2,1-2H3,(H,14,15). The van der Waals surface area contributed by atoms with Gasteiger partial charge in [-0.3, -0.25) is 4.68 Å². The van der Waals surface area contributed by atoms with E-state index in [1.54, 1.807) is 18.5 Å². The Balaban J connectivity index is 2.36. The lowest BCUT2D eigenvalue weighted by Crippen LogP contribution is -2.06. The van der Waals surface area contributed by atoms with Crippen LogP contribution in [-0.2, 0) is 6.54 Å². The predicted octanol–water partition coefficient (Wildman–Crippen LogP) is 0.629. The number of carbonyl (C=O) groups is 1. The van der Waals surface area contributed by atoms with Crippen molar-refractivity contribution in [3.63, 3.8) is 0 Å². The molecule has 0 radical (unpaired) electrons. The molecule has 2 rings (SSSR count). The normalized spacial score (nSPS) is 10.6. The van der Waals surface area contributed by atoms with Gasteiger partial charge in [0.2, 0.25) is 6.39 Å². The van der Waals surface area contributed by atoms with Crippen molar-refractivity contribution in [1.82, 2.24) is 19.9 Å². The van der Waals surface area contributed by atoms with E-state index in [1.165, 1.54) is 6.39 Å². The number of carboxylic acid groups (broad SMARTS) is 1. The average Bonchev–Trinajstić information content (AvgIpc) is 2.76. The van der Waals surface area contributed by atoms with Crippen molar-refractivity contribution in [3.8, 4) is 0 Å². The Labute approximate surface area is 90.7 Å². The lowest BCUT2D eigenvalue weighted by molar-refractivity contribution is 0.0695. The van der Waals surface area contributed by atoms with E-state index >= 15 is 0 Å². The number of aryl methyl sites for hydroxylation is 1. The van der Waals surface area contributed by atoms with Gasteiger partial charge in [-0.15, -0.1) is 0 Å². The van der Waals surface area contributed by atoms with Crippen molar-refractivity contribution in [1.29, 1.82) is 0 Å². The molecule has 1 N–H and O–H groups in total. The lowest BCUT2D eigenvalue weighted by atomic mass is 10.2. The van der Waals surface area contributed by atoms with Crippen LogP contribution >= 0.6 is 0 Å². The van der Waals surface area contributed by atoms with Crippen molar-refractivity contribution in [2.45, 2.75) is 20.4 Å². The first-order valence-electron chi connectivity index (χ1n) is 4.62. The molecule has 0 saturated carbocycles. The molecule has 0 aliphatic carbocycles. The summed E-state index contributed by atoms with van der Waals surface area (Å²) in [6.07, 6.45) is 1.22. The van der Waals surface area contributed by atoms with Gasteiger partial charge in [0, 0.05) is 0 Å². The van der Waals surface area contributed by atoms with E-state index < -0.39 is 5.97 Å². The average molecular weight is 222 g/mol. The largest absolute Gasteiger partial charge is 0.478 e. The minimum Gasteiger partial charge on any atom is -0.478 e. The second kappa shape index (κ2) is 3.76. The molecule has 0 fully saturated rings. The Hall–Kier alpha value is -2.18. The second-order valence-electron chi connectivity index (χ2n) is 3.36. The fraction of sp³-hybridized carbons (Fsp3) is 0.333. The zero-order chi connectivity index (χ0) is 11.7. The van der Waals surface area contributed by atoms with E-state index in [9.17, 15) is 4.79 Å². The van der Waals surface area contributed by atoms with Crippen molar-refractivity contribution in [2.75, 3.05) is 0 Å². The number of rotatable bonds is 3. The number of nitrogens with zero attached hydrogens (tertiary/aromatic N) is 4. The van der Waals surface area contributed by atoms with Gasteiger partial charge in [-0.25, -0.2) is 4.79 Å². The highest BCUT2D eigenvalue weighted by atomic mass is 16.5. The zero-order valence-corrected chi connectivity index (χ0v) is 8.84. The van der Waals surface area contributed by atoms with Crippen molar-refractivity contribution < 1.29 is 14.4 Å². The molecule has 0 spiro atoms. The Bertz CT molecular complexity index is 515. The lowest BCUT2D eigenvalue weighted by Gasteiger charge is -1.99. The molecule has 0 aliphatic rings. The molecule has 16 heavy (non-hydrogen) atoms. The molecule has 0 aromatic carbocycles. The molecule has 7 nitrogen and oxygen atoms in total. The number of aromatic nitrogens is 4. The molecule has 0 saturated heterocycles. The first-order chi connectivity index (χ1) is 7.59. The third-order valence-electron chi connectivity index (χ3n) is 2.29. The molecule has 2 aromatic rings. The van der Waals surface area contributed by atoms with Crippen LogP contribution in [0.25, 0.3) is 0 Å². The summed E-state index contributed by atoms with van der Waals surface area (Å²) in [5, 5.41) is 16.7. The summed E-state index contributed by atoms with van der Waals surface area (Å²) in [5.74, 6) is -0.517. The smallest absolute Gasteiger partial charge is 0.339 e. The number of hydrogen-bond donors (Lipinski definition) is 1. The summed E-state index contributed by atoms with van der Waals surface area (Å²) < 4.78 is 6.14. The van der Waals surface area contributed by atoms with Gasteiger partial charge in [-0.2, -0.15) is 10.1 Å². The van der Waals surface area contributed by atoms with Crippen LogP contribution in [0.15, 0.2) is 10.9 Å². The van der Waals surface area contributed by atoms with Crippen LogP contribution in [-0.4, -0.2) is 31.0 Å². The highest BCUT2D eigenvalue weighted by Gasteiger charge is 2.18. The first-order valence-corrected chi connectivity index (χ1v) is 4.62. The summed E-state index contributed by atoms with van der Waals surface area (Å²) in [4.78, 5) is 14.8. The fourth-order valence-corrected chi connectivity index (χ4v) is 1.56. The molecule has 0 unspecified atom stereocenters. The fourth-order valence-electron chi connectivity index (χ4n) is 1.56. The highest BCUT2D eigenvalue weighted by molar-refractivity contribution is 5.90. The summed E-state index contributed by atoms with van der Waals surface area (Å²) in [6, 6.07) is 0. The summed E-state index contributed by atoms with van der Waals surface area (Å²) in [7, 11) is 0. The molecule has 0 aliphatic heterocycles. The van der Waals surface area contributed by atoms with E-state index in [0.717, 1.165) is 0 Å². The quantitative estimate of drug-likeness (QED) is 0.818. The molecule has 84 valence electrons. The van der Waals surface area contributed by atoms with Gasteiger partial charge < -0.3 is 9.63 Å². The monoisotopic (exact) mass is 222 g/mol. The van der Waals surface area contributed by atoms with Gasteiger partial charge in [0.25, 0.3) is 0 Å². The maximum Gasteiger partial charge on any atom is 0.339 e. The first kappa shape index (κ1) is 10.3. The molecular formula is C9H10N4O3. The van der Waals surface area contributed by atoms with Crippen LogP contribution < -0.4 is 0 Å². The third kappa shape index (κ3) is 1.67. The Morgan fingerprint density at radius 3 is 2.81 bits per heavy atom. The zero-order valence-electron chi connectivity index (χ0n) is 8.84. The van der Waals surface area contributed by atoms with Crippen LogP contribution in [0.2, 0.25) is 0 Å². The van der Waals surface area contributed by atoms with E-state index in [2.05, 4.69) is 19.8 Å². The van der Waals surface area contributed by atoms with Crippen LogP contribution in [0.4, 0.5) is 0 Å². The van der Waals surface area contributed by atoms with E-state index in [4.69, 9.17) is 5.11 Å². The van der Waals surface area contributed by atoms with Gasteiger partial charge in [0.15, 0.2) is 5.82 Å². The van der Waals surface area contributed by atoms with Crippen LogP contribution in [0, 0.1) is 13.8 Å². The number of hydrogen-bond acceptors (Lipinski definition) is 5. The van der Waals surface area contributed by atoms with Gasteiger partial charge in [0.1, 0.15) is 12.1 Å². The van der Waals surface area contributed by atoms with Crippen LogP contribution in [0.1, 0.15) is 27.6 Å². The van der Waals surface area contributed by atoms with Gasteiger partial charge in [-0.05, 0) is 13.8 Å². The molecule has 0 amide bonds. The molecule has 0 atom stereocenters. The predicted molar refractivity (Wildman–Crippen MR) is 52.1 cm³/mol. The minimum atomic E-state index is -0.977. The summed E-state index contributed by atoms with van der Waals surface area (Å²) >= 11 is 0. The minimum absolute atomic E-state index is 0.225. The number of aromatic carboxylic acids is 1. The van der Waals surface area contributed by atoms with Crippen molar-refractivity contribution in [3.05, 3.63) is 29.2 Å². The third-order valence-corrected chi connectivity index (χ3v) is 2.29. The molecule has 2 aromatic heterocycles. The highest BCUT2D eigenvalue weighted by Crippen LogP contribution is 2.13. The molecule has 2 heterocycles. The van der Waals surface area contributed by atoms with Crippen molar-refractivity contribution >= 4 is 5.97 Å². The maximum absolute atomic E-state index is 11.0. The van der Waals surface area contributed by atoms with E-state index in [1.807, 2.05) is 0 Å². The molecule has 0 bridgehead atoms. The topological polar surface area (TPSA) is 94.0 Å².